The molecule has 3 nitrogen and oxygen atoms in total. The van der Waals surface area contributed by atoms with Crippen molar-refractivity contribution in [2.75, 3.05) is 4.90 Å². The van der Waals surface area contributed by atoms with Crippen molar-refractivity contribution < 1.29 is 4.79 Å². The van der Waals surface area contributed by atoms with E-state index in [2.05, 4.69) is 15.9 Å². The van der Waals surface area contributed by atoms with E-state index < -0.39 is 6.04 Å². The number of halogens is 2. The molecular formula is C15H12BrClN2O. The lowest BCUT2D eigenvalue weighted by Crippen LogP contribution is -2.63. The van der Waals surface area contributed by atoms with Crippen LogP contribution in [0.3, 0.4) is 0 Å². The van der Waals surface area contributed by atoms with Crippen molar-refractivity contribution in [3.05, 3.63) is 63.6 Å². The molecule has 1 fully saturated rings. The van der Waals surface area contributed by atoms with Gasteiger partial charge in [0.2, 0.25) is 5.91 Å². The quantitative estimate of drug-likeness (QED) is 0.842. The van der Waals surface area contributed by atoms with E-state index >= 15 is 0 Å². The van der Waals surface area contributed by atoms with E-state index in [1.165, 1.54) is 0 Å². The number of hydrogen-bond donors (Lipinski definition) is 1. The molecule has 102 valence electrons. The van der Waals surface area contributed by atoms with E-state index in [4.69, 9.17) is 17.3 Å². The summed E-state index contributed by atoms with van der Waals surface area (Å²) in [6, 6.07) is 14.4. The number of nitrogens with zero attached hydrogens (tertiary/aromatic N) is 1. The summed E-state index contributed by atoms with van der Waals surface area (Å²) in [5.41, 5.74) is 7.75. The number of hydrogen-bond acceptors (Lipinski definition) is 2. The topological polar surface area (TPSA) is 46.3 Å². The third-order valence-corrected chi connectivity index (χ3v) is 4.20. The van der Waals surface area contributed by atoms with E-state index in [0.717, 1.165) is 15.7 Å². The Bertz CT molecular complexity index is 659. The molecule has 0 aromatic heterocycles. The standard InChI is InChI=1S/C15H12BrClN2O/c16-10-4-6-12(7-5-10)19-14(13(18)15(19)20)9-2-1-3-11(17)8-9/h1-8,13-14H,18H2. The van der Waals surface area contributed by atoms with Gasteiger partial charge in [-0.15, -0.1) is 0 Å². The van der Waals surface area contributed by atoms with E-state index in [-0.39, 0.29) is 11.9 Å². The highest BCUT2D eigenvalue weighted by Gasteiger charge is 2.46. The molecule has 2 aromatic rings. The van der Waals surface area contributed by atoms with Crippen molar-refractivity contribution in [3.8, 4) is 0 Å². The molecule has 5 heteroatoms. The normalized spacial score (nSPS) is 21.8. The molecule has 1 amide bonds. The Balaban J connectivity index is 1.97. The fourth-order valence-corrected chi connectivity index (χ4v) is 2.91. The van der Waals surface area contributed by atoms with E-state index in [9.17, 15) is 4.79 Å². The van der Waals surface area contributed by atoms with Crippen LogP contribution in [0.5, 0.6) is 0 Å². The average molecular weight is 352 g/mol. The number of β-lactam (4-membered cyclic amide) rings is 1. The fraction of sp³-hybridized carbons (Fsp3) is 0.133. The molecule has 0 radical (unpaired) electrons. The fourth-order valence-electron chi connectivity index (χ4n) is 2.45. The lowest BCUT2D eigenvalue weighted by atomic mass is 9.88. The van der Waals surface area contributed by atoms with E-state index in [1.54, 1.807) is 11.0 Å². The second-order valence-electron chi connectivity index (χ2n) is 4.71. The average Bonchev–Trinajstić information content (AvgIpc) is 2.45. The summed E-state index contributed by atoms with van der Waals surface area (Å²) in [4.78, 5) is 13.8. The van der Waals surface area contributed by atoms with E-state index in [0.29, 0.717) is 5.02 Å². The molecule has 1 heterocycles. The Morgan fingerprint density at radius 1 is 1.15 bits per heavy atom. The molecule has 2 unspecified atom stereocenters. The molecule has 20 heavy (non-hydrogen) atoms. The Morgan fingerprint density at radius 3 is 2.50 bits per heavy atom. The largest absolute Gasteiger partial charge is 0.318 e. The van der Waals surface area contributed by atoms with Gasteiger partial charge >= 0.3 is 0 Å². The first-order valence-corrected chi connectivity index (χ1v) is 7.35. The van der Waals surface area contributed by atoms with Crippen molar-refractivity contribution >= 4 is 39.1 Å². The highest BCUT2D eigenvalue weighted by molar-refractivity contribution is 9.10. The summed E-state index contributed by atoms with van der Waals surface area (Å²) in [5.74, 6) is -0.0719. The van der Waals surface area contributed by atoms with Crippen LogP contribution >= 0.6 is 27.5 Å². The number of anilines is 1. The lowest BCUT2D eigenvalue weighted by Gasteiger charge is -2.45. The summed E-state index contributed by atoms with van der Waals surface area (Å²) in [6.45, 7) is 0. The number of nitrogens with two attached hydrogens (primary N) is 1. The van der Waals surface area contributed by atoms with Gasteiger partial charge in [0.1, 0.15) is 6.04 Å². The number of rotatable bonds is 2. The monoisotopic (exact) mass is 350 g/mol. The minimum atomic E-state index is -0.517. The van der Waals surface area contributed by atoms with Crippen LogP contribution in [0.15, 0.2) is 53.0 Å². The minimum Gasteiger partial charge on any atom is -0.318 e. The molecule has 2 aromatic carbocycles. The van der Waals surface area contributed by atoms with Crippen LogP contribution in [0.25, 0.3) is 0 Å². The summed E-state index contributed by atoms with van der Waals surface area (Å²) >= 11 is 9.40. The highest BCUT2D eigenvalue weighted by atomic mass is 79.9. The predicted octanol–water partition coefficient (Wildman–Crippen LogP) is 3.52. The zero-order valence-corrected chi connectivity index (χ0v) is 12.8. The van der Waals surface area contributed by atoms with Gasteiger partial charge in [0, 0.05) is 15.2 Å². The van der Waals surface area contributed by atoms with Gasteiger partial charge in [0.15, 0.2) is 0 Å². The predicted molar refractivity (Wildman–Crippen MR) is 83.8 cm³/mol. The summed E-state index contributed by atoms with van der Waals surface area (Å²) in [7, 11) is 0. The zero-order chi connectivity index (χ0) is 14.3. The minimum absolute atomic E-state index is 0.0719. The molecule has 0 spiro atoms. The molecule has 2 N–H and O–H groups in total. The smallest absolute Gasteiger partial charge is 0.247 e. The first kappa shape index (κ1) is 13.6. The number of amides is 1. The van der Waals surface area contributed by atoms with Crippen molar-refractivity contribution in [2.45, 2.75) is 12.1 Å². The molecule has 1 aliphatic heterocycles. The summed E-state index contributed by atoms with van der Waals surface area (Å²) in [6.07, 6.45) is 0. The SMILES string of the molecule is NC1C(=O)N(c2ccc(Br)cc2)C1c1cccc(Cl)c1. The van der Waals surface area contributed by atoms with Crippen LogP contribution in [0.2, 0.25) is 5.02 Å². The zero-order valence-electron chi connectivity index (χ0n) is 10.5. The summed E-state index contributed by atoms with van der Waals surface area (Å²) in [5, 5.41) is 0.643. The van der Waals surface area contributed by atoms with Gasteiger partial charge in [-0.2, -0.15) is 0 Å². The van der Waals surface area contributed by atoms with Gasteiger partial charge in [-0.05, 0) is 42.0 Å². The molecule has 0 bridgehead atoms. The van der Waals surface area contributed by atoms with Gasteiger partial charge in [-0.25, -0.2) is 0 Å². The summed E-state index contributed by atoms with van der Waals surface area (Å²) < 4.78 is 0.970. The Hall–Kier alpha value is -1.36. The van der Waals surface area contributed by atoms with Crippen LogP contribution < -0.4 is 10.6 Å². The van der Waals surface area contributed by atoms with Gasteiger partial charge in [0.05, 0.1) is 6.04 Å². The third-order valence-electron chi connectivity index (χ3n) is 3.44. The molecule has 1 saturated heterocycles. The molecule has 2 atom stereocenters. The maximum absolute atomic E-state index is 12.1. The number of benzene rings is 2. The number of carbonyl (C=O) groups is 1. The van der Waals surface area contributed by atoms with Crippen LogP contribution in [0, 0.1) is 0 Å². The Labute approximate surface area is 130 Å². The second kappa shape index (κ2) is 5.20. The lowest BCUT2D eigenvalue weighted by molar-refractivity contribution is -0.126. The highest BCUT2D eigenvalue weighted by Crippen LogP contribution is 2.38. The van der Waals surface area contributed by atoms with Gasteiger partial charge in [-0.3, -0.25) is 4.79 Å². The maximum Gasteiger partial charge on any atom is 0.247 e. The molecular weight excluding hydrogens is 340 g/mol. The van der Waals surface area contributed by atoms with Crippen molar-refractivity contribution in [1.29, 1.82) is 0 Å². The van der Waals surface area contributed by atoms with Crippen LogP contribution in [-0.4, -0.2) is 11.9 Å². The first-order chi connectivity index (χ1) is 9.58. The van der Waals surface area contributed by atoms with E-state index in [1.807, 2.05) is 42.5 Å². The van der Waals surface area contributed by atoms with Crippen LogP contribution in [0.4, 0.5) is 5.69 Å². The Kier molecular flexibility index (Phi) is 3.54. The van der Waals surface area contributed by atoms with Crippen LogP contribution in [0.1, 0.15) is 11.6 Å². The second-order valence-corrected chi connectivity index (χ2v) is 6.06. The first-order valence-electron chi connectivity index (χ1n) is 6.17. The molecule has 0 saturated carbocycles. The van der Waals surface area contributed by atoms with Crippen molar-refractivity contribution in [3.63, 3.8) is 0 Å². The van der Waals surface area contributed by atoms with Gasteiger partial charge < -0.3 is 10.6 Å². The molecule has 1 aliphatic rings. The number of carbonyl (C=O) groups excluding carboxylic acids is 1. The Morgan fingerprint density at radius 2 is 1.85 bits per heavy atom. The van der Waals surface area contributed by atoms with Crippen molar-refractivity contribution in [2.24, 2.45) is 5.73 Å². The van der Waals surface area contributed by atoms with Gasteiger partial charge in [0.25, 0.3) is 0 Å². The third kappa shape index (κ3) is 2.24. The van der Waals surface area contributed by atoms with Gasteiger partial charge in [-0.1, -0.05) is 39.7 Å². The van der Waals surface area contributed by atoms with Crippen LogP contribution in [-0.2, 0) is 4.79 Å². The maximum atomic E-state index is 12.1. The molecule has 3 rings (SSSR count). The van der Waals surface area contributed by atoms with Crippen molar-refractivity contribution in [1.82, 2.24) is 0 Å². The molecule has 0 aliphatic carbocycles.